The highest BCUT2D eigenvalue weighted by atomic mass is 16.4. The van der Waals surface area contributed by atoms with Crippen LogP contribution in [0.1, 0.15) is 6.42 Å². The zero-order valence-electron chi connectivity index (χ0n) is 8.15. The number of hydrogen-bond donors (Lipinski definition) is 6. The normalized spacial score (nSPS) is 19.3. The summed E-state index contributed by atoms with van der Waals surface area (Å²) in [6, 6.07) is 0. The lowest BCUT2D eigenvalue weighted by molar-refractivity contribution is -0.146. The molecule has 0 bridgehead atoms. The Kier molecular flexibility index (Phi) is 6.57. The molecule has 0 amide bonds. The third kappa shape index (κ3) is 4.20. The molecule has 0 aliphatic carbocycles. The number of aliphatic hydroxyl groups is 5. The van der Waals surface area contributed by atoms with Gasteiger partial charge >= 0.3 is 0 Å². The second-order valence-electron chi connectivity index (χ2n) is 3.18. The van der Waals surface area contributed by atoms with E-state index in [0.717, 1.165) is 0 Å². The van der Waals surface area contributed by atoms with Gasteiger partial charge in [-0.2, -0.15) is 0 Å². The summed E-state index contributed by atoms with van der Waals surface area (Å²) in [7, 11) is 0. The summed E-state index contributed by atoms with van der Waals surface area (Å²) in [5, 5.41) is 45.1. The van der Waals surface area contributed by atoms with E-state index >= 15 is 0 Å². The first-order valence-electron chi connectivity index (χ1n) is 4.51. The third-order valence-corrected chi connectivity index (χ3v) is 1.98. The van der Waals surface area contributed by atoms with Gasteiger partial charge in [0.1, 0.15) is 24.4 Å². The van der Waals surface area contributed by atoms with Gasteiger partial charge in [0.2, 0.25) is 0 Å². The van der Waals surface area contributed by atoms with Gasteiger partial charge in [0.25, 0.3) is 0 Å². The van der Waals surface area contributed by atoms with Crippen molar-refractivity contribution in [2.24, 2.45) is 5.73 Å². The standard InChI is InChI=1S/C8H17NO6/c9-2-1-4(11)6(13)8(15)7(14)5(12)3-10/h5-8,10,12-15H,1-3,9H2/t5-,6+,7-,8-/m1/s1. The Labute approximate surface area is 86.8 Å². The Bertz CT molecular complexity index is 200. The summed E-state index contributed by atoms with van der Waals surface area (Å²) in [6.07, 6.45) is -7.19. The lowest BCUT2D eigenvalue weighted by Gasteiger charge is -2.24. The molecule has 7 heteroatoms. The Hall–Kier alpha value is -0.570. The van der Waals surface area contributed by atoms with Gasteiger partial charge < -0.3 is 31.3 Å². The molecule has 90 valence electrons. The van der Waals surface area contributed by atoms with Crippen LogP contribution in [-0.4, -0.2) is 68.9 Å². The maximum absolute atomic E-state index is 11.1. The molecular weight excluding hydrogens is 206 g/mol. The lowest BCUT2D eigenvalue weighted by atomic mass is 9.99. The van der Waals surface area contributed by atoms with Gasteiger partial charge in [-0.15, -0.1) is 0 Å². The van der Waals surface area contributed by atoms with Crippen LogP contribution in [0.2, 0.25) is 0 Å². The highest BCUT2D eigenvalue weighted by Gasteiger charge is 2.33. The fourth-order valence-corrected chi connectivity index (χ4v) is 1.00. The molecule has 7 nitrogen and oxygen atoms in total. The number of carbonyl (C=O) groups excluding carboxylic acids is 1. The molecule has 0 fully saturated rings. The SMILES string of the molecule is NCCC(=O)[C@H](O)[C@@H](O)[C@H](O)[C@H](O)CO. The van der Waals surface area contributed by atoms with E-state index in [4.69, 9.17) is 15.9 Å². The molecule has 4 atom stereocenters. The van der Waals surface area contributed by atoms with Gasteiger partial charge in [-0.25, -0.2) is 0 Å². The molecule has 0 aromatic rings. The van der Waals surface area contributed by atoms with Crippen molar-refractivity contribution in [3.8, 4) is 0 Å². The number of aliphatic hydroxyl groups excluding tert-OH is 5. The number of Topliss-reactive ketones (excluding diaryl/α,β-unsaturated/α-hetero) is 1. The molecule has 15 heavy (non-hydrogen) atoms. The van der Waals surface area contributed by atoms with E-state index < -0.39 is 36.8 Å². The molecule has 0 aliphatic rings. The van der Waals surface area contributed by atoms with Crippen LogP contribution in [0.25, 0.3) is 0 Å². The first kappa shape index (κ1) is 14.4. The summed E-state index contributed by atoms with van der Waals surface area (Å²) >= 11 is 0. The third-order valence-electron chi connectivity index (χ3n) is 1.98. The number of hydrogen-bond acceptors (Lipinski definition) is 7. The van der Waals surface area contributed by atoms with Crippen LogP contribution in [0.5, 0.6) is 0 Å². The van der Waals surface area contributed by atoms with Crippen molar-refractivity contribution in [1.82, 2.24) is 0 Å². The largest absolute Gasteiger partial charge is 0.394 e. The predicted octanol–water partition coefficient (Wildman–Crippen LogP) is -3.66. The predicted molar refractivity (Wildman–Crippen MR) is 49.8 cm³/mol. The second-order valence-corrected chi connectivity index (χ2v) is 3.18. The van der Waals surface area contributed by atoms with Crippen LogP contribution < -0.4 is 5.73 Å². The minimum absolute atomic E-state index is 0.0151. The molecule has 0 saturated carbocycles. The van der Waals surface area contributed by atoms with Gasteiger partial charge in [0, 0.05) is 6.42 Å². The second kappa shape index (κ2) is 6.83. The molecule has 0 rings (SSSR count). The average molecular weight is 223 g/mol. The number of nitrogens with two attached hydrogens (primary N) is 1. The number of carbonyl (C=O) groups is 1. The summed E-state index contributed by atoms with van der Waals surface area (Å²) in [5.74, 6) is -0.728. The van der Waals surface area contributed by atoms with E-state index in [-0.39, 0.29) is 13.0 Å². The van der Waals surface area contributed by atoms with Crippen molar-refractivity contribution in [2.45, 2.75) is 30.8 Å². The fourth-order valence-electron chi connectivity index (χ4n) is 1.00. The van der Waals surface area contributed by atoms with Crippen molar-refractivity contribution in [3.63, 3.8) is 0 Å². The van der Waals surface area contributed by atoms with Crippen molar-refractivity contribution < 1.29 is 30.3 Å². The number of ketones is 1. The van der Waals surface area contributed by atoms with Crippen molar-refractivity contribution in [1.29, 1.82) is 0 Å². The first-order chi connectivity index (χ1) is 6.95. The Morgan fingerprint density at radius 2 is 1.67 bits per heavy atom. The molecule has 0 spiro atoms. The minimum atomic E-state index is -1.84. The molecule has 0 radical (unpaired) electrons. The average Bonchev–Trinajstić information content (AvgIpc) is 2.25. The molecular formula is C8H17NO6. The summed E-state index contributed by atoms with van der Waals surface area (Å²) < 4.78 is 0. The number of rotatable bonds is 7. The van der Waals surface area contributed by atoms with Crippen LogP contribution in [-0.2, 0) is 4.79 Å². The van der Waals surface area contributed by atoms with E-state index in [1.165, 1.54) is 0 Å². The van der Waals surface area contributed by atoms with E-state index in [0.29, 0.717) is 0 Å². The highest BCUT2D eigenvalue weighted by molar-refractivity contribution is 5.83. The quantitative estimate of drug-likeness (QED) is 0.261. The van der Waals surface area contributed by atoms with Gasteiger partial charge in [-0.1, -0.05) is 0 Å². The molecule has 0 unspecified atom stereocenters. The van der Waals surface area contributed by atoms with Crippen LogP contribution in [0.3, 0.4) is 0 Å². The van der Waals surface area contributed by atoms with Gasteiger partial charge in [0.15, 0.2) is 5.78 Å². The topological polar surface area (TPSA) is 144 Å². The Balaban J connectivity index is 4.29. The zero-order chi connectivity index (χ0) is 12.0. The maximum atomic E-state index is 11.1. The van der Waals surface area contributed by atoms with Crippen LogP contribution in [0.15, 0.2) is 0 Å². The molecule has 0 heterocycles. The molecule has 0 saturated heterocycles. The Morgan fingerprint density at radius 3 is 2.07 bits per heavy atom. The van der Waals surface area contributed by atoms with E-state index in [2.05, 4.69) is 0 Å². The van der Waals surface area contributed by atoms with Gasteiger partial charge in [-0.05, 0) is 6.54 Å². The summed E-state index contributed by atoms with van der Waals surface area (Å²) in [4.78, 5) is 11.1. The minimum Gasteiger partial charge on any atom is -0.394 e. The maximum Gasteiger partial charge on any atom is 0.165 e. The summed E-state index contributed by atoms with van der Waals surface area (Å²) in [5.41, 5.74) is 5.06. The van der Waals surface area contributed by atoms with E-state index in [1.54, 1.807) is 0 Å². The van der Waals surface area contributed by atoms with Gasteiger partial charge in [0.05, 0.1) is 6.61 Å². The summed E-state index contributed by atoms with van der Waals surface area (Å²) in [6.45, 7) is -0.767. The Morgan fingerprint density at radius 1 is 1.13 bits per heavy atom. The van der Waals surface area contributed by atoms with Crippen molar-refractivity contribution in [2.75, 3.05) is 13.2 Å². The molecule has 0 aromatic heterocycles. The zero-order valence-corrected chi connectivity index (χ0v) is 8.15. The van der Waals surface area contributed by atoms with Crippen LogP contribution in [0, 0.1) is 0 Å². The molecule has 7 N–H and O–H groups in total. The monoisotopic (exact) mass is 223 g/mol. The fraction of sp³-hybridized carbons (Fsp3) is 0.875. The smallest absolute Gasteiger partial charge is 0.165 e. The van der Waals surface area contributed by atoms with Crippen LogP contribution >= 0.6 is 0 Å². The molecule has 0 aromatic carbocycles. The lowest BCUT2D eigenvalue weighted by Crippen LogP contribution is -2.48. The van der Waals surface area contributed by atoms with Crippen molar-refractivity contribution >= 4 is 5.78 Å². The highest BCUT2D eigenvalue weighted by Crippen LogP contribution is 2.07. The first-order valence-corrected chi connectivity index (χ1v) is 4.51. The molecule has 0 aliphatic heterocycles. The van der Waals surface area contributed by atoms with E-state index in [1.807, 2.05) is 0 Å². The van der Waals surface area contributed by atoms with Crippen LogP contribution in [0.4, 0.5) is 0 Å². The van der Waals surface area contributed by atoms with Crippen molar-refractivity contribution in [3.05, 3.63) is 0 Å². The van der Waals surface area contributed by atoms with Gasteiger partial charge in [-0.3, -0.25) is 4.79 Å². The van der Waals surface area contributed by atoms with E-state index in [9.17, 15) is 20.1 Å².